The van der Waals surface area contributed by atoms with E-state index in [2.05, 4.69) is 5.16 Å². The Morgan fingerprint density at radius 3 is 2.50 bits per heavy atom. The lowest BCUT2D eigenvalue weighted by atomic mass is 10.2. The van der Waals surface area contributed by atoms with Crippen molar-refractivity contribution in [3.8, 4) is 0 Å². The fourth-order valence-corrected chi connectivity index (χ4v) is 3.58. The minimum absolute atomic E-state index is 0.118. The molecule has 2 rings (SSSR count). The minimum atomic E-state index is -3.65. The zero-order valence-electron chi connectivity index (χ0n) is 11.4. The van der Waals surface area contributed by atoms with Gasteiger partial charge in [-0.25, -0.2) is 8.42 Å². The van der Waals surface area contributed by atoms with Crippen molar-refractivity contribution in [1.82, 2.24) is 9.46 Å². The van der Waals surface area contributed by atoms with Gasteiger partial charge in [0.25, 0.3) is 0 Å². The molecular formula is C13H15ClN2O3S. The third kappa shape index (κ3) is 2.72. The van der Waals surface area contributed by atoms with Crippen LogP contribution in [0.25, 0.3) is 0 Å². The fraction of sp³-hybridized carbons (Fsp3) is 0.308. The molecule has 1 heterocycles. The average molecular weight is 315 g/mol. The number of rotatable bonds is 4. The van der Waals surface area contributed by atoms with Gasteiger partial charge in [-0.15, -0.1) is 0 Å². The number of nitrogens with zero attached hydrogens (tertiary/aromatic N) is 2. The number of halogens is 1. The molecule has 0 amide bonds. The molecule has 0 saturated carbocycles. The summed E-state index contributed by atoms with van der Waals surface area (Å²) >= 11 is 6.05. The van der Waals surface area contributed by atoms with Crippen molar-refractivity contribution < 1.29 is 12.9 Å². The largest absolute Gasteiger partial charge is 0.360 e. The highest BCUT2D eigenvalue weighted by molar-refractivity contribution is 7.89. The van der Waals surface area contributed by atoms with Gasteiger partial charge in [0.05, 0.1) is 0 Å². The number of hydrogen-bond acceptors (Lipinski definition) is 4. The Hall–Kier alpha value is -1.37. The molecule has 0 saturated heterocycles. The summed E-state index contributed by atoms with van der Waals surface area (Å²) in [5, 5.41) is 4.22. The van der Waals surface area contributed by atoms with Gasteiger partial charge in [0.2, 0.25) is 10.0 Å². The summed E-state index contributed by atoms with van der Waals surface area (Å²) < 4.78 is 31.2. The van der Waals surface area contributed by atoms with Crippen LogP contribution >= 0.6 is 11.6 Å². The smallest absolute Gasteiger partial charge is 0.248 e. The lowest BCUT2D eigenvalue weighted by Crippen LogP contribution is -2.27. The zero-order chi connectivity index (χ0) is 14.9. The van der Waals surface area contributed by atoms with Crippen LogP contribution in [-0.2, 0) is 16.6 Å². The topological polar surface area (TPSA) is 63.4 Å². The van der Waals surface area contributed by atoms with Crippen LogP contribution in [0.15, 0.2) is 33.7 Å². The standard InChI is InChI=1S/C13H15ClN2O3S/c1-9-13(10(2)19-15-9)20(17,18)16(3)8-11-6-4-5-7-12(11)14/h4-7H,8H2,1-3H3. The predicted octanol–water partition coefficient (Wildman–Crippen LogP) is 2.77. The van der Waals surface area contributed by atoms with E-state index in [1.165, 1.54) is 11.4 Å². The summed E-state index contributed by atoms with van der Waals surface area (Å²) in [5.41, 5.74) is 1.10. The predicted molar refractivity (Wildman–Crippen MR) is 76.1 cm³/mol. The van der Waals surface area contributed by atoms with Crippen molar-refractivity contribution in [1.29, 1.82) is 0 Å². The molecule has 20 heavy (non-hydrogen) atoms. The molecule has 0 aliphatic heterocycles. The lowest BCUT2D eigenvalue weighted by Gasteiger charge is -2.17. The van der Waals surface area contributed by atoms with Crippen LogP contribution in [-0.4, -0.2) is 24.9 Å². The van der Waals surface area contributed by atoms with E-state index in [4.69, 9.17) is 16.1 Å². The summed E-state index contributed by atoms with van der Waals surface area (Å²) in [6.45, 7) is 3.37. The van der Waals surface area contributed by atoms with Crippen LogP contribution < -0.4 is 0 Å². The third-order valence-electron chi connectivity index (χ3n) is 2.99. The molecule has 5 nitrogen and oxygen atoms in total. The Labute approximate surface area is 123 Å². The van der Waals surface area contributed by atoms with E-state index < -0.39 is 10.0 Å². The summed E-state index contributed by atoms with van der Waals surface area (Å²) in [4.78, 5) is 0.118. The molecule has 2 aromatic rings. The van der Waals surface area contributed by atoms with E-state index in [1.54, 1.807) is 32.0 Å². The molecule has 0 N–H and O–H groups in total. The van der Waals surface area contributed by atoms with Gasteiger partial charge < -0.3 is 4.52 Å². The molecule has 108 valence electrons. The minimum Gasteiger partial charge on any atom is -0.360 e. The second kappa shape index (κ2) is 5.55. The first-order valence-corrected chi connectivity index (χ1v) is 7.78. The van der Waals surface area contributed by atoms with E-state index in [1.807, 2.05) is 6.07 Å². The molecule has 0 bridgehead atoms. The van der Waals surface area contributed by atoms with E-state index >= 15 is 0 Å². The van der Waals surface area contributed by atoms with Crippen molar-refractivity contribution in [2.75, 3.05) is 7.05 Å². The fourth-order valence-electron chi connectivity index (χ4n) is 1.95. The molecule has 0 aliphatic carbocycles. The van der Waals surface area contributed by atoms with Crippen molar-refractivity contribution in [2.45, 2.75) is 25.3 Å². The highest BCUT2D eigenvalue weighted by Gasteiger charge is 2.28. The first-order chi connectivity index (χ1) is 9.34. The molecule has 1 aromatic carbocycles. The zero-order valence-corrected chi connectivity index (χ0v) is 13.0. The Bertz CT molecular complexity index is 705. The highest BCUT2D eigenvalue weighted by atomic mass is 35.5. The summed E-state index contributed by atoms with van der Waals surface area (Å²) in [6, 6.07) is 7.14. The number of sulfonamides is 1. The Morgan fingerprint density at radius 1 is 1.30 bits per heavy atom. The van der Waals surface area contributed by atoms with Gasteiger partial charge in [-0.05, 0) is 25.5 Å². The Kier molecular flexibility index (Phi) is 4.17. The highest BCUT2D eigenvalue weighted by Crippen LogP contribution is 2.25. The van der Waals surface area contributed by atoms with Crippen LogP contribution in [0, 0.1) is 13.8 Å². The van der Waals surface area contributed by atoms with Crippen LogP contribution in [0.3, 0.4) is 0 Å². The maximum Gasteiger partial charge on any atom is 0.248 e. The maximum absolute atomic E-state index is 12.5. The molecule has 1 aromatic heterocycles. The molecular weight excluding hydrogens is 300 g/mol. The molecule has 7 heteroatoms. The van der Waals surface area contributed by atoms with Gasteiger partial charge in [-0.1, -0.05) is 35.0 Å². The summed E-state index contributed by atoms with van der Waals surface area (Å²) in [6.07, 6.45) is 0. The average Bonchev–Trinajstić information content (AvgIpc) is 2.72. The number of benzene rings is 1. The van der Waals surface area contributed by atoms with Gasteiger partial charge in [0.15, 0.2) is 5.76 Å². The molecule has 0 unspecified atom stereocenters. The van der Waals surface area contributed by atoms with Crippen molar-refractivity contribution in [3.05, 3.63) is 46.3 Å². The van der Waals surface area contributed by atoms with Crippen LogP contribution in [0.4, 0.5) is 0 Å². The molecule has 0 aliphatic rings. The number of aryl methyl sites for hydroxylation is 2. The normalized spacial score (nSPS) is 12.1. The van der Waals surface area contributed by atoms with E-state index in [9.17, 15) is 8.42 Å². The van der Waals surface area contributed by atoms with Crippen LogP contribution in [0.2, 0.25) is 5.02 Å². The second-order valence-corrected chi connectivity index (χ2v) is 6.89. The van der Waals surface area contributed by atoms with Gasteiger partial charge >= 0.3 is 0 Å². The molecule has 0 atom stereocenters. The van der Waals surface area contributed by atoms with Gasteiger partial charge in [-0.2, -0.15) is 4.31 Å². The van der Waals surface area contributed by atoms with Crippen molar-refractivity contribution >= 4 is 21.6 Å². The second-order valence-electron chi connectivity index (χ2n) is 4.51. The van der Waals surface area contributed by atoms with Crippen LogP contribution in [0.5, 0.6) is 0 Å². The van der Waals surface area contributed by atoms with Gasteiger partial charge in [0, 0.05) is 18.6 Å². The molecule has 0 spiro atoms. The SMILES string of the molecule is Cc1noc(C)c1S(=O)(=O)N(C)Cc1ccccc1Cl. The van der Waals surface area contributed by atoms with Crippen molar-refractivity contribution in [3.63, 3.8) is 0 Å². The van der Waals surface area contributed by atoms with E-state index in [0.29, 0.717) is 10.7 Å². The van der Waals surface area contributed by atoms with E-state index in [0.717, 1.165) is 5.56 Å². The first kappa shape index (κ1) is 15.0. The number of hydrogen-bond donors (Lipinski definition) is 0. The van der Waals surface area contributed by atoms with Gasteiger partial charge in [0.1, 0.15) is 10.6 Å². The lowest BCUT2D eigenvalue weighted by molar-refractivity contribution is 0.389. The summed E-state index contributed by atoms with van der Waals surface area (Å²) in [7, 11) is -2.15. The monoisotopic (exact) mass is 314 g/mol. The third-order valence-corrected chi connectivity index (χ3v) is 5.40. The van der Waals surface area contributed by atoms with Crippen molar-refractivity contribution in [2.24, 2.45) is 0 Å². The summed E-state index contributed by atoms with van der Waals surface area (Å²) in [5.74, 6) is 0.286. The Balaban J connectivity index is 2.34. The Morgan fingerprint density at radius 2 is 1.95 bits per heavy atom. The molecule has 0 radical (unpaired) electrons. The van der Waals surface area contributed by atoms with Crippen LogP contribution in [0.1, 0.15) is 17.0 Å². The van der Waals surface area contributed by atoms with Gasteiger partial charge in [-0.3, -0.25) is 0 Å². The first-order valence-electron chi connectivity index (χ1n) is 5.96. The number of aromatic nitrogens is 1. The molecule has 0 fully saturated rings. The van der Waals surface area contributed by atoms with E-state index in [-0.39, 0.29) is 17.2 Å². The quantitative estimate of drug-likeness (QED) is 0.870. The maximum atomic E-state index is 12.5.